The molecule has 0 aliphatic rings. The number of aryl methyl sites for hydroxylation is 2. The number of nitrogens with one attached hydrogen (secondary N) is 1. The molecule has 0 aliphatic carbocycles. The summed E-state index contributed by atoms with van der Waals surface area (Å²) in [7, 11) is 0. The zero-order valence-corrected chi connectivity index (χ0v) is 13.1. The Bertz CT molecular complexity index is 843. The maximum atomic E-state index is 12.8. The van der Waals surface area contributed by atoms with Crippen molar-refractivity contribution in [1.82, 2.24) is 10.2 Å². The SMILES string of the molecule is Cc1cccc(-c2nnc(CCC(=O)Nc3ccc(F)cc3)o2)c1. The van der Waals surface area contributed by atoms with Gasteiger partial charge in [0.1, 0.15) is 5.82 Å². The second kappa shape index (κ2) is 7.04. The van der Waals surface area contributed by atoms with E-state index in [1.165, 1.54) is 24.3 Å². The van der Waals surface area contributed by atoms with E-state index >= 15 is 0 Å². The highest BCUT2D eigenvalue weighted by atomic mass is 19.1. The van der Waals surface area contributed by atoms with E-state index in [4.69, 9.17) is 4.42 Å². The number of hydrogen-bond donors (Lipinski definition) is 1. The Labute approximate surface area is 138 Å². The maximum absolute atomic E-state index is 12.8. The Morgan fingerprint density at radius 1 is 1.17 bits per heavy atom. The highest BCUT2D eigenvalue weighted by molar-refractivity contribution is 5.90. The van der Waals surface area contributed by atoms with Gasteiger partial charge in [-0.25, -0.2) is 4.39 Å². The van der Waals surface area contributed by atoms with Crippen LogP contribution in [0, 0.1) is 12.7 Å². The number of anilines is 1. The second-order valence-electron chi connectivity index (χ2n) is 5.43. The van der Waals surface area contributed by atoms with Crippen LogP contribution in [0.2, 0.25) is 0 Å². The zero-order chi connectivity index (χ0) is 16.9. The monoisotopic (exact) mass is 325 g/mol. The third kappa shape index (κ3) is 4.04. The van der Waals surface area contributed by atoms with Gasteiger partial charge < -0.3 is 9.73 Å². The summed E-state index contributed by atoms with van der Waals surface area (Å²) in [6.45, 7) is 1.99. The van der Waals surface area contributed by atoms with Gasteiger partial charge in [0, 0.05) is 24.1 Å². The average Bonchev–Trinajstić information content (AvgIpc) is 3.04. The van der Waals surface area contributed by atoms with Crippen molar-refractivity contribution < 1.29 is 13.6 Å². The predicted molar refractivity (Wildman–Crippen MR) is 87.8 cm³/mol. The number of carbonyl (C=O) groups is 1. The molecule has 5 nitrogen and oxygen atoms in total. The first-order valence-electron chi connectivity index (χ1n) is 7.55. The lowest BCUT2D eigenvalue weighted by molar-refractivity contribution is -0.116. The van der Waals surface area contributed by atoms with Gasteiger partial charge in [-0.2, -0.15) is 0 Å². The topological polar surface area (TPSA) is 68.0 Å². The van der Waals surface area contributed by atoms with Gasteiger partial charge in [-0.05, 0) is 43.3 Å². The lowest BCUT2D eigenvalue weighted by atomic mass is 10.1. The zero-order valence-electron chi connectivity index (χ0n) is 13.1. The highest BCUT2D eigenvalue weighted by Crippen LogP contribution is 2.19. The molecule has 0 saturated heterocycles. The molecule has 1 heterocycles. The average molecular weight is 325 g/mol. The van der Waals surface area contributed by atoms with Crippen molar-refractivity contribution in [3.8, 4) is 11.5 Å². The normalized spacial score (nSPS) is 10.6. The van der Waals surface area contributed by atoms with Crippen LogP contribution in [0.15, 0.2) is 52.9 Å². The lowest BCUT2D eigenvalue weighted by Gasteiger charge is -2.03. The van der Waals surface area contributed by atoms with Crippen LogP contribution >= 0.6 is 0 Å². The summed E-state index contributed by atoms with van der Waals surface area (Å²) in [5.74, 6) is 0.299. The summed E-state index contributed by atoms with van der Waals surface area (Å²) < 4.78 is 18.4. The van der Waals surface area contributed by atoms with Gasteiger partial charge >= 0.3 is 0 Å². The Hall–Kier alpha value is -3.02. The summed E-state index contributed by atoms with van der Waals surface area (Å²) in [4.78, 5) is 11.9. The molecule has 6 heteroatoms. The molecule has 0 fully saturated rings. The molecule has 3 aromatic rings. The third-order valence-corrected chi connectivity index (χ3v) is 3.43. The number of amides is 1. The Balaban J connectivity index is 1.57. The minimum absolute atomic E-state index is 0.197. The molecule has 0 aliphatic heterocycles. The number of rotatable bonds is 5. The molecule has 0 spiro atoms. The number of carbonyl (C=O) groups excluding carboxylic acids is 1. The van der Waals surface area contributed by atoms with E-state index in [1.807, 2.05) is 31.2 Å². The molecule has 0 atom stereocenters. The van der Waals surface area contributed by atoms with Crippen molar-refractivity contribution in [1.29, 1.82) is 0 Å². The van der Waals surface area contributed by atoms with Crippen LogP contribution in [0.25, 0.3) is 11.5 Å². The summed E-state index contributed by atoms with van der Waals surface area (Å²) >= 11 is 0. The van der Waals surface area contributed by atoms with E-state index < -0.39 is 0 Å². The summed E-state index contributed by atoms with van der Waals surface area (Å²) in [5, 5.41) is 10.7. The molecular weight excluding hydrogens is 309 g/mol. The van der Waals surface area contributed by atoms with Gasteiger partial charge in [-0.1, -0.05) is 17.7 Å². The van der Waals surface area contributed by atoms with Crippen molar-refractivity contribution in [3.05, 3.63) is 65.8 Å². The highest BCUT2D eigenvalue weighted by Gasteiger charge is 2.11. The van der Waals surface area contributed by atoms with E-state index in [0.717, 1.165) is 11.1 Å². The fourth-order valence-corrected chi connectivity index (χ4v) is 2.23. The van der Waals surface area contributed by atoms with Crippen molar-refractivity contribution in [2.45, 2.75) is 19.8 Å². The minimum atomic E-state index is -0.345. The molecule has 1 N–H and O–H groups in total. The van der Waals surface area contributed by atoms with E-state index in [-0.39, 0.29) is 18.1 Å². The molecule has 0 saturated carbocycles. The quantitative estimate of drug-likeness (QED) is 0.775. The van der Waals surface area contributed by atoms with Crippen LogP contribution in [-0.4, -0.2) is 16.1 Å². The van der Waals surface area contributed by atoms with Crippen LogP contribution in [0.1, 0.15) is 17.9 Å². The van der Waals surface area contributed by atoms with Gasteiger partial charge in [0.25, 0.3) is 0 Å². The number of halogens is 1. The fraction of sp³-hybridized carbons (Fsp3) is 0.167. The van der Waals surface area contributed by atoms with Crippen LogP contribution in [-0.2, 0) is 11.2 Å². The van der Waals surface area contributed by atoms with E-state index in [9.17, 15) is 9.18 Å². The van der Waals surface area contributed by atoms with E-state index in [1.54, 1.807) is 0 Å². The van der Waals surface area contributed by atoms with Crippen molar-refractivity contribution in [2.75, 3.05) is 5.32 Å². The summed E-state index contributed by atoms with van der Waals surface area (Å²) in [5.41, 5.74) is 2.50. The fourth-order valence-electron chi connectivity index (χ4n) is 2.23. The number of benzene rings is 2. The first kappa shape index (κ1) is 15.9. The van der Waals surface area contributed by atoms with Crippen LogP contribution in [0.3, 0.4) is 0 Å². The van der Waals surface area contributed by atoms with Gasteiger partial charge in [0.15, 0.2) is 0 Å². The Morgan fingerprint density at radius 2 is 1.96 bits per heavy atom. The summed E-state index contributed by atoms with van der Waals surface area (Å²) in [6.07, 6.45) is 0.540. The molecule has 0 radical (unpaired) electrons. The van der Waals surface area contributed by atoms with Gasteiger partial charge in [0.2, 0.25) is 17.7 Å². The molecule has 24 heavy (non-hydrogen) atoms. The van der Waals surface area contributed by atoms with E-state index in [2.05, 4.69) is 15.5 Å². The molecule has 1 aromatic heterocycles. The van der Waals surface area contributed by atoms with Crippen molar-refractivity contribution in [3.63, 3.8) is 0 Å². The molecular formula is C18H16FN3O2. The second-order valence-corrected chi connectivity index (χ2v) is 5.43. The molecule has 0 bridgehead atoms. The van der Waals surface area contributed by atoms with Crippen LogP contribution in [0.5, 0.6) is 0 Å². The predicted octanol–water partition coefficient (Wildman–Crippen LogP) is 3.76. The van der Waals surface area contributed by atoms with Crippen LogP contribution < -0.4 is 5.32 Å². The minimum Gasteiger partial charge on any atom is -0.421 e. The number of aromatic nitrogens is 2. The summed E-state index contributed by atoms with van der Waals surface area (Å²) in [6, 6.07) is 13.4. The molecule has 0 unspecified atom stereocenters. The lowest BCUT2D eigenvalue weighted by Crippen LogP contribution is -2.12. The molecule has 2 aromatic carbocycles. The standard InChI is InChI=1S/C18H16FN3O2/c1-12-3-2-4-13(11-12)18-22-21-17(24-18)10-9-16(23)20-15-7-5-14(19)6-8-15/h2-8,11H,9-10H2,1H3,(H,20,23). The largest absolute Gasteiger partial charge is 0.421 e. The first-order chi connectivity index (χ1) is 11.6. The Morgan fingerprint density at radius 3 is 2.71 bits per heavy atom. The smallest absolute Gasteiger partial charge is 0.247 e. The molecule has 122 valence electrons. The van der Waals surface area contributed by atoms with Crippen molar-refractivity contribution >= 4 is 11.6 Å². The maximum Gasteiger partial charge on any atom is 0.247 e. The number of nitrogens with zero attached hydrogens (tertiary/aromatic N) is 2. The van der Waals surface area contributed by atoms with Crippen LogP contribution in [0.4, 0.5) is 10.1 Å². The van der Waals surface area contributed by atoms with Gasteiger partial charge in [-0.3, -0.25) is 4.79 Å². The third-order valence-electron chi connectivity index (χ3n) is 3.43. The van der Waals surface area contributed by atoms with Gasteiger partial charge in [-0.15, -0.1) is 10.2 Å². The Kier molecular flexibility index (Phi) is 4.65. The van der Waals surface area contributed by atoms with Gasteiger partial charge in [0.05, 0.1) is 0 Å². The number of hydrogen-bond acceptors (Lipinski definition) is 4. The molecule has 1 amide bonds. The van der Waals surface area contributed by atoms with E-state index in [0.29, 0.717) is 23.9 Å². The molecule has 3 rings (SSSR count). The first-order valence-corrected chi connectivity index (χ1v) is 7.55. The van der Waals surface area contributed by atoms with Crippen molar-refractivity contribution in [2.24, 2.45) is 0 Å².